The van der Waals surface area contributed by atoms with E-state index in [0.717, 1.165) is 16.9 Å². The van der Waals surface area contributed by atoms with Gasteiger partial charge in [0.2, 0.25) is 5.43 Å². The van der Waals surface area contributed by atoms with Gasteiger partial charge in [0, 0.05) is 31.6 Å². The van der Waals surface area contributed by atoms with E-state index in [0.29, 0.717) is 59.0 Å². The van der Waals surface area contributed by atoms with E-state index in [1.807, 2.05) is 16.4 Å². The Kier molecular flexibility index (Phi) is 5.67. The maximum Gasteiger partial charge on any atom is 0.342 e. The second-order valence-electron chi connectivity index (χ2n) is 8.95. The first-order chi connectivity index (χ1) is 17.2. The van der Waals surface area contributed by atoms with Crippen LogP contribution in [0.3, 0.4) is 0 Å². The third-order valence-electron chi connectivity index (χ3n) is 6.75. The van der Waals surface area contributed by atoms with E-state index in [1.54, 1.807) is 18.2 Å². The van der Waals surface area contributed by atoms with Crippen LogP contribution in [0.2, 0.25) is 10.0 Å². The number of aromatic amines is 1. The number of aromatic nitrogens is 3. The van der Waals surface area contributed by atoms with E-state index in [4.69, 9.17) is 23.2 Å². The number of carboxylic acid groups (broad SMARTS) is 1. The van der Waals surface area contributed by atoms with Gasteiger partial charge in [0.05, 0.1) is 49.2 Å². The molecule has 186 valence electrons. The third-order valence-corrected chi connectivity index (χ3v) is 8.65. The average Bonchev–Trinajstić information content (AvgIpc) is 3.20. The van der Waals surface area contributed by atoms with Gasteiger partial charge in [-0.05, 0) is 31.2 Å². The van der Waals surface area contributed by atoms with Crippen molar-refractivity contribution in [2.24, 2.45) is 0 Å². The molecule has 1 atom stereocenters. The second kappa shape index (κ2) is 8.65. The first kappa shape index (κ1) is 23.6. The van der Waals surface area contributed by atoms with Crippen LogP contribution in [0.5, 0.6) is 0 Å². The number of piperazine rings is 1. The van der Waals surface area contributed by atoms with Crippen molar-refractivity contribution in [3.8, 4) is 0 Å². The number of carbonyl (C=O) groups is 1. The lowest BCUT2D eigenvalue weighted by Gasteiger charge is -2.37. The molecule has 12 heteroatoms. The Hall–Kier alpha value is -2.79. The number of hydrogen-bond acceptors (Lipinski definition) is 6. The molecule has 0 bridgehead atoms. The molecule has 4 aromatic rings. The molecule has 2 aliphatic rings. The maximum absolute atomic E-state index is 15.2. The lowest BCUT2D eigenvalue weighted by molar-refractivity contribution is 0.0689. The first-order valence-electron chi connectivity index (χ1n) is 11.3. The standard InChI is InChI=1S/C24H20Cl2FN5O3S/c1-11-32-18-9-19(15(27)6-12(18)22(33)21(24(34)35)23(32)36-11)31-4-2-30(3-5-31)10-20-28-16-7-13(25)14(26)8-17(16)29-20/h6-9,11H,2-5,10H2,1H3,(H,28,29)(H,34,35). The van der Waals surface area contributed by atoms with Crippen LogP contribution >= 0.6 is 35.0 Å². The van der Waals surface area contributed by atoms with Crippen LogP contribution in [0.4, 0.5) is 10.1 Å². The molecule has 1 unspecified atom stereocenters. The van der Waals surface area contributed by atoms with Crippen molar-refractivity contribution in [1.82, 2.24) is 19.4 Å². The quantitative estimate of drug-likeness (QED) is 0.372. The van der Waals surface area contributed by atoms with Gasteiger partial charge < -0.3 is 19.6 Å². The molecule has 8 nitrogen and oxygen atoms in total. The van der Waals surface area contributed by atoms with Gasteiger partial charge in [0.25, 0.3) is 0 Å². The summed E-state index contributed by atoms with van der Waals surface area (Å²) in [6.07, 6.45) is 0. The molecule has 6 rings (SSSR count). The minimum atomic E-state index is -1.29. The lowest BCUT2D eigenvalue weighted by atomic mass is 10.1. The Morgan fingerprint density at radius 2 is 1.92 bits per heavy atom. The van der Waals surface area contributed by atoms with Crippen LogP contribution in [0, 0.1) is 5.82 Å². The van der Waals surface area contributed by atoms with Gasteiger partial charge >= 0.3 is 5.97 Å². The lowest BCUT2D eigenvalue weighted by Crippen LogP contribution is -2.46. The molecule has 0 amide bonds. The smallest absolute Gasteiger partial charge is 0.342 e. The molecule has 0 aliphatic carbocycles. The van der Waals surface area contributed by atoms with E-state index in [9.17, 15) is 14.7 Å². The highest BCUT2D eigenvalue weighted by molar-refractivity contribution is 8.00. The predicted molar refractivity (Wildman–Crippen MR) is 139 cm³/mol. The summed E-state index contributed by atoms with van der Waals surface area (Å²) in [7, 11) is 0. The van der Waals surface area contributed by atoms with Gasteiger partial charge in [-0.1, -0.05) is 35.0 Å². The number of nitrogens with one attached hydrogen (secondary N) is 1. The molecular weight excluding hydrogens is 528 g/mol. The normalized spacial score (nSPS) is 18.0. The zero-order valence-electron chi connectivity index (χ0n) is 19.0. The molecule has 0 spiro atoms. The number of H-pyrrole nitrogens is 1. The number of rotatable bonds is 4. The number of nitrogens with zero attached hydrogens (tertiary/aromatic N) is 4. The van der Waals surface area contributed by atoms with Gasteiger partial charge in [0.1, 0.15) is 17.2 Å². The minimum absolute atomic E-state index is 0.0371. The highest BCUT2D eigenvalue weighted by Crippen LogP contribution is 2.46. The largest absolute Gasteiger partial charge is 0.477 e. The number of thioether (sulfide) groups is 1. The SMILES string of the molecule is CC1Sc2c(C(=O)O)c(=O)c3cc(F)c(N4CCN(Cc5nc6cc(Cl)c(Cl)cc6[nH]5)CC4)cc3n21. The summed E-state index contributed by atoms with van der Waals surface area (Å²) in [5, 5.41) is 10.9. The van der Waals surface area contributed by atoms with Gasteiger partial charge in [-0.3, -0.25) is 9.69 Å². The van der Waals surface area contributed by atoms with Crippen LogP contribution in [-0.2, 0) is 6.54 Å². The number of anilines is 1. The fourth-order valence-electron chi connectivity index (χ4n) is 4.96. The van der Waals surface area contributed by atoms with E-state index in [-0.39, 0.29) is 16.3 Å². The van der Waals surface area contributed by atoms with Crippen molar-refractivity contribution in [1.29, 1.82) is 0 Å². The number of pyridine rings is 1. The average molecular weight is 548 g/mol. The summed E-state index contributed by atoms with van der Waals surface area (Å²) in [4.78, 5) is 36.6. The van der Waals surface area contributed by atoms with Gasteiger partial charge in [-0.25, -0.2) is 14.2 Å². The van der Waals surface area contributed by atoms with Crippen LogP contribution in [0.15, 0.2) is 34.1 Å². The van der Waals surface area contributed by atoms with Crippen molar-refractivity contribution in [2.75, 3.05) is 31.1 Å². The molecule has 36 heavy (non-hydrogen) atoms. The van der Waals surface area contributed by atoms with Crippen LogP contribution in [-0.4, -0.2) is 56.7 Å². The molecule has 0 radical (unpaired) electrons. The second-order valence-corrected chi connectivity index (χ2v) is 11.1. The Bertz CT molecular complexity index is 1590. The van der Waals surface area contributed by atoms with Crippen LogP contribution < -0.4 is 10.3 Å². The summed E-state index contributed by atoms with van der Waals surface area (Å²) in [5.74, 6) is -1.02. The number of fused-ring (bicyclic) bond motifs is 4. The summed E-state index contributed by atoms with van der Waals surface area (Å²) >= 11 is 13.5. The molecule has 1 saturated heterocycles. The number of halogens is 3. The molecule has 2 aromatic carbocycles. The summed E-state index contributed by atoms with van der Waals surface area (Å²) < 4.78 is 17.0. The predicted octanol–water partition coefficient (Wildman–Crippen LogP) is 4.97. The molecule has 0 saturated carbocycles. The fraction of sp³-hybridized carbons (Fsp3) is 0.292. The van der Waals surface area contributed by atoms with Crippen LogP contribution in [0.1, 0.15) is 28.5 Å². The summed E-state index contributed by atoms with van der Waals surface area (Å²) in [5.41, 5.74) is 1.61. The third kappa shape index (κ3) is 3.75. The summed E-state index contributed by atoms with van der Waals surface area (Å²) in [6.45, 7) is 5.10. The Labute approximate surface area is 218 Å². The van der Waals surface area contributed by atoms with Crippen molar-refractivity contribution in [3.63, 3.8) is 0 Å². The van der Waals surface area contributed by atoms with Gasteiger partial charge in [-0.15, -0.1) is 0 Å². The van der Waals surface area contributed by atoms with Crippen LogP contribution in [0.25, 0.3) is 21.9 Å². The molecule has 2 aliphatic heterocycles. The molecule has 2 N–H and O–H groups in total. The topological polar surface area (TPSA) is 94.5 Å². The first-order valence-corrected chi connectivity index (χ1v) is 13.0. The van der Waals surface area contributed by atoms with Crippen molar-refractivity contribution < 1.29 is 14.3 Å². The zero-order valence-corrected chi connectivity index (χ0v) is 21.3. The summed E-state index contributed by atoms with van der Waals surface area (Å²) in [6, 6.07) is 6.35. The Balaban J connectivity index is 1.24. The van der Waals surface area contributed by atoms with Crippen molar-refractivity contribution >= 4 is 68.6 Å². The fourth-order valence-corrected chi connectivity index (χ4v) is 6.43. The van der Waals surface area contributed by atoms with Crippen molar-refractivity contribution in [3.05, 3.63) is 61.7 Å². The monoisotopic (exact) mass is 547 g/mol. The Morgan fingerprint density at radius 3 is 2.61 bits per heavy atom. The van der Waals surface area contributed by atoms with E-state index < -0.39 is 17.2 Å². The number of imidazole rings is 1. The number of hydrogen-bond donors (Lipinski definition) is 2. The number of aromatic carboxylic acids is 1. The minimum Gasteiger partial charge on any atom is -0.477 e. The number of benzene rings is 2. The maximum atomic E-state index is 15.2. The van der Waals surface area contributed by atoms with E-state index in [2.05, 4.69) is 14.9 Å². The van der Waals surface area contributed by atoms with Crippen molar-refractivity contribution in [2.45, 2.75) is 23.9 Å². The molecule has 4 heterocycles. The highest BCUT2D eigenvalue weighted by Gasteiger charge is 2.33. The van der Waals surface area contributed by atoms with E-state index in [1.165, 1.54) is 17.8 Å². The van der Waals surface area contributed by atoms with E-state index >= 15 is 4.39 Å². The van der Waals surface area contributed by atoms with Gasteiger partial charge in [0.15, 0.2) is 0 Å². The zero-order chi connectivity index (χ0) is 25.3. The molecule has 2 aromatic heterocycles. The molecular formula is C24H20Cl2FN5O3S. The molecule has 1 fully saturated rings. The van der Waals surface area contributed by atoms with Gasteiger partial charge in [-0.2, -0.15) is 0 Å². The number of carboxylic acids is 1. The highest BCUT2D eigenvalue weighted by atomic mass is 35.5. The Morgan fingerprint density at radius 1 is 1.19 bits per heavy atom.